The second kappa shape index (κ2) is 7.05. The summed E-state index contributed by atoms with van der Waals surface area (Å²) in [6, 6.07) is 5.62. The third-order valence-electron chi connectivity index (χ3n) is 4.07. The van der Waals surface area contributed by atoms with E-state index in [0.29, 0.717) is 10.9 Å². The third-order valence-corrected chi connectivity index (χ3v) is 4.31. The number of carbonyl (C=O) groups is 1. The molecule has 1 amide bonds. The fraction of sp³-hybridized carbons (Fsp3) is 0.263. The summed E-state index contributed by atoms with van der Waals surface area (Å²) >= 11 is 6.05. The number of nitrogens with one attached hydrogen (secondary N) is 2. The zero-order valence-corrected chi connectivity index (χ0v) is 14.6. The van der Waals surface area contributed by atoms with Gasteiger partial charge in [-0.05, 0) is 56.0 Å². The Morgan fingerprint density at radius 1 is 1.42 bits per heavy atom. The molecule has 1 heterocycles. The van der Waals surface area contributed by atoms with Gasteiger partial charge >= 0.3 is 0 Å². The number of rotatable bonds is 3. The minimum atomic E-state index is -0.0817. The molecule has 0 saturated carbocycles. The van der Waals surface area contributed by atoms with Crippen molar-refractivity contribution in [3.63, 3.8) is 0 Å². The van der Waals surface area contributed by atoms with Gasteiger partial charge in [0.25, 0.3) is 0 Å². The molecule has 0 radical (unpaired) electrons. The van der Waals surface area contributed by atoms with Crippen LogP contribution in [0.5, 0.6) is 0 Å². The van der Waals surface area contributed by atoms with E-state index in [0.717, 1.165) is 40.6 Å². The van der Waals surface area contributed by atoms with Crippen LogP contribution in [0.4, 0.5) is 0 Å². The van der Waals surface area contributed by atoms with E-state index in [4.69, 9.17) is 11.6 Å². The van der Waals surface area contributed by atoms with E-state index in [-0.39, 0.29) is 12.3 Å². The molecule has 0 unspecified atom stereocenters. The molecule has 0 bridgehead atoms. The van der Waals surface area contributed by atoms with E-state index in [1.165, 1.54) is 0 Å². The number of amidine groups is 1. The number of allylic oxidation sites excluding steroid dienone is 4. The molecule has 1 aliphatic rings. The first-order chi connectivity index (χ1) is 11.5. The molecule has 2 aromatic rings. The number of benzene rings is 1. The number of fused-ring (bicyclic) bond motifs is 1. The monoisotopic (exact) mass is 341 g/mol. The molecule has 1 aromatic heterocycles. The highest BCUT2D eigenvalue weighted by Gasteiger charge is 2.11. The van der Waals surface area contributed by atoms with E-state index >= 15 is 0 Å². The number of hydrogen-bond donors (Lipinski definition) is 2. The quantitative estimate of drug-likeness (QED) is 0.625. The van der Waals surface area contributed by atoms with Gasteiger partial charge in [0.15, 0.2) is 0 Å². The van der Waals surface area contributed by atoms with Gasteiger partial charge in [-0.2, -0.15) is 0 Å². The molecule has 0 atom stereocenters. The minimum absolute atomic E-state index is 0.0817. The number of aromatic nitrogens is 1. The van der Waals surface area contributed by atoms with Gasteiger partial charge in [0, 0.05) is 27.8 Å². The van der Waals surface area contributed by atoms with Crippen LogP contribution in [0, 0.1) is 0 Å². The Balaban J connectivity index is 1.71. The van der Waals surface area contributed by atoms with Crippen LogP contribution in [-0.4, -0.2) is 16.7 Å². The lowest BCUT2D eigenvalue weighted by Gasteiger charge is -2.10. The molecular formula is C19H20ClN3O. The zero-order valence-electron chi connectivity index (χ0n) is 13.8. The van der Waals surface area contributed by atoms with Crippen LogP contribution in [-0.2, 0) is 11.2 Å². The first-order valence-electron chi connectivity index (χ1n) is 8.00. The van der Waals surface area contributed by atoms with Crippen molar-refractivity contribution in [2.75, 3.05) is 0 Å². The highest BCUT2D eigenvalue weighted by Crippen LogP contribution is 2.23. The van der Waals surface area contributed by atoms with E-state index in [9.17, 15) is 4.79 Å². The van der Waals surface area contributed by atoms with Crippen LogP contribution in [0.3, 0.4) is 0 Å². The van der Waals surface area contributed by atoms with Gasteiger partial charge in [0.1, 0.15) is 5.84 Å². The highest BCUT2D eigenvalue weighted by atomic mass is 35.5. The van der Waals surface area contributed by atoms with Crippen molar-refractivity contribution in [2.45, 2.75) is 33.1 Å². The van der Waals surface area contributed by atoms with Crippen LogP contribution in [0.1, 0.15) is 32.3 Å². The second-order valence-electron chi connectivity index (χ2n) is 6.00. The topological polar surface area (TPSA) is 57.2 Å². The van der Waals surface area contributed by atoms with Gasteiger partial charge in [-0.15, -0.1) is 0 Å². The Kier molecular flexibility index (Phi) is 4.86. The second-order valence-corrected chi connectivity index (χ2v) is 6.43. The first kappa shape index (κ1) is 16.5. The summed E-state index contributed by atoms with van der Waals surface area (Å²) in [6.45, 7) is 3.86. The molecule has 3 rings (SSSR count). The highest BCUT2D eigenvalue weighted by molar-refractivity contribution is 6.31. The largest absolute Gasteiger partial charge is 0.361 e. The van der Waals surface area contributed by atoms with Crippen LogP contribution in [0.2, 0.25) is 5.02 Å². The van der Waals surface area contributed by atoms with Crippen molar-refractivity contribution in [3.8, 4) is 0 Å². The predicted octanol–water partition coefficient (Wildman–Crippen LogP) is 4.52. The Hall–Kier alpha value is -2.33. The smallest absolute Gasteiger partial charge is 0.229 e. The number of amides is 1. The Morgan fingerprint density at radius 3 is 3.04 bits per heavy atom. The summed E-state index contributed by atoms with van der Waals surface area (Å²) in [5, 5.41) is 4.51. The van der Waals surface area contributed by atoms with Gasteiger partial charge < -0.3 is 10.3 Å². The summed E-state index contributed by atoms with van der Waals surface area (Å²) < 4.78 is 0. The van der Waals surface area contributed by atoms with Crippen molar-refractivity contribution < 1.29 is 4.79 Å². The van der Waals surface area contributed by atoms with Crippen molar-refractivity contribution in [3.05, 3.63) is 58.4 Å². The molecule has 2 N–H and O–H groups in total. The summed E-state index contributed by atoms with van der Waals surface area (Å²) in [5.41, 5.74) is 4.09. The lowest BCUT2D eigenvalue weighted by molar-refractivity contribution is -0.119. The van der Waals surface area contributed by atoms with Crippen molar-refractivity contribution in [1.29, 1.82) is 0 Å². The Bertz CT molecular complexity index is 874. The molecule has 0 saturated heterocycles. The average Bonchev–Trinajstić information content (AvgIpc) is 2.91. The number of nitrogens with zero attached hydrogens (tertiary/aromatic N) is 1. The van der Waals surface area contributed by atoms with Crippen molar-refractivity contribution in [1.82, 2.24) is 10.3 Å². The third kappa shape index (κ3) is 3.77. The molecule has 1 aliphatic carbocycles. The van der Waals surface area contributed by atoms with Crippen LogP contribution < -0.4 is 5.32 Å². The summed E-state index contributed by atoms with van der Waals surface area (Å²) in [6.07, 6.45) is 8.26. The number of hydrogen-bond acceptors (Lipinski definition) is 2. The van der Waals surface area contributed by atoms with Gasteiger partial charge in [-0.3, -0.25) is 4.79 Å². The van der Waals surface area contributed by atoms with E-state index in [2.05, 4.69) is 27.4 Å². The maximum absolute atomic E-state index is 12.3. The fourth-order valence-corrected chi connectivity index (χ4v) is 3.04. The molecule has 0 spiro atoms. The van der Waals surface area contributed by atoms with Crippen molar-refractivity contribution >= 4 is 34.2 Å². The van der Waals surface area contributed by atoms with Crippen LogP contribution >= 0.6 is 11.6 Å². The number of aromatic amines is 1. The Labute approximate surface area is 146 Å². The lowest BCUT2D eigenvalue weighted by atomic mass is 10.1. The SMILES string of the molecule is CC1=C(/N=C(\C)NC(=O)Cc2c[nH]c3ccc(Cl)cc23)CCC=C1. The number of carbonyl (C=O) groups excluding carboxylic acids is 1. The molecule has 24 heavy (non-hydrogen) atoms. The molecule has 0 fully saturated rings. The number of aliphatic imine (C=N–C) groups is 1. The predicted molar refractivity (Wildman–Crippen MR) is 99.3 cm³/mol. The van der Waals surface area contributed by atoms with Gasteiger partial charge in [-0.1, -0.05) is 23.8 Å². The maximum atomic E-state index is 12.3. The van der Waals surface area contributed by atoms with Crippen molar-refractivity contribution in [2.24, 2.45) is 4.99 Å². The van der Waals surface area contributed by atoms with E-state index in [1.807, 2.05) is 38.2 Å². The van der Waals surface area contributed by atoms with Crippen LogP contribution in [0.25, 0.3) is 10.9 Å². The summed E-state index contributed by atoms with van der Waals surface area (Å²) in [7, 11) is 0. The molecular weight excluding hydrogens is 322 g/mol. The van der Waals surface area contributed by atoms with Crippen LogP contribution in [0.15, 0.2) is 52.8 Å². The maximum Gasteiger partial charge on any atom is 0.229 e. The summed E-state index contributed by atoms with van der Waals surface area (Å²) in [5.74, 6) is 0.546. The minimum Gasteiger partial charge on any atom is -0.361 e. The summed E-state index contributed by atoms with van der Waals surface area (Å²) in [4.78, 5) is 20.0. The zero-order chi connectivity index (χ0) is 17.1. The number of halogens is 1. The van der Waals surface area contributed by atoms with Gasteiger partial charge in [0.05, 0.1) is 6.42 Å². The standard InChI is InChI=1S/C19H20ClN3O/c1-12-5-3-4-6-17(12)22-13(2)23-19(24)9-14-11-21-18-8-7-15(20)10-16(14)18/h3,5,7-8,10-11,21H,4,6,9H2,1-2H3,(H,22,23,24). The number of H-pyrrole nitrogens is 1. The molecule has 4 nitrogen and oxygen atoms in total. The molecule has 124 valence electrons. The fourth-order valence-electron chi connectivity index (χ4n) is 2.86. The average molecular weight is 342 g/mol. The Morgan fingerprint density at radius 2 is 2.25 bits per heavy atom. The van der Waals surface area contributed by atoms with E-state index in [1.54, 1.807) is 0 Å². The lowest BCUT2D eigenvalue weighted by Crippen LogP contribution is -2.29. The van der Waals surface area contributed by atoms with Gasteiger partial charge in [-0.25, -0.2) is 4.99 Å². The van der Waals surface area contributed by atoms with Gasteiger partial charge in [0.2, 0.25) is 5.91 Å². The molecule has 1 aromatic carbocycles. The van der Waals surface area contributed by atoms with E-state index < -0.39 is 0 Å². The first-order valence-corrected chi connectivity index (χ1v) is 8.37. The molecule has 0 aliphatic heterocycles. The molecule has 5 heteroatoms. The normalized spacial score (nSPS) is 15.2.